The van der Waals surface area contributed by atoms with E-state index in [0.29, 0.717) is 11.7 Å². The number of hydrogen-bond donors (Lipinski definition) is 1. The highest BCUT2D eigenvalue weighted by Crippen LogP contribution is 2.26. The molecule has 0 fully saturated rings. The van der Waals surface area contributed by atoms with E-state index in [1.165, 1.54) is 11.1 Å². The average molecular weight is 278 g/mol. The lowest BCUT2D eigenvalue weighted by molar-refractivity contribution is 0.321. The zero-order valence-electron chi connectivity index (χ0n) is 11.4. The van der Waals surface area contributed by atoms with E-state index in [-0.39, 0.29) is 6.04 Å². The molecule has 2 aromatic heterocycles. The molecule has 1 aliphatic heterocycles. The highest BCUT2D eigenvalue weighted by atomic mass is 16.5. The molecule has 3 aromatic rings. The molecule has 0 radical (unpaired) electrons. The molecular formula is C16H14N4O. The lowest BCUT2D eigenvalue weighted by atomic mass is 9.96. The number of hydrogen-bond acceptors (Lipinski definition) is 5. The molecule has 104 valence electrons. The monoisotopic (exact) mass is 278 g/mol. The lowest BCUT2D eigenvalue weighted by Crippen LogP contribution is -2.28. The summed E-state index contributed by atoms with van der Waals surface area (Å²) in [5.41, 5.74) is 3.53. The Morgan fingerprint density at radius 2 is 2.00 bits per heavy atom. The van der Waals surface area contributed by atoms with E-state index in [9.17, 15) is 0 Å². The summed E-state index contributed by atoms with van der Waals surface area (Å²) in [6.07, 6.45) is 4.33. The Bertz CT molecular complexity index is 754. The first-order valence-electron chi connectivity index (χ1n) is 6.94. The van der Waals surface area contributed by atoms with Gasteiger partial charge < -0.3 is 9.84 Å². The van der Waals surface area contributed by atoms with Crippen LogP contribution in [0.15, 0.2) is 53.3 Å². The fourth-order valence-corrected chi connectivity index (χ4v) is 2.62. The van der Waals surface area contributed by atoms with Crippen LogP contribution in [-0.4, -0.2) is 15.1 Å². The van der Waals surface area contributed by atoms with E-state index in [1.807, 2.05) is 12.1 Å². The zero-order valence-corrected chi connectivity index (χ0v) is 11.4. The molecule has 5 nitrogen and oxygen atoms in total. The zero-order chi connectivity index (χ0) is 14.1. The lowest BCUT2D eigenvalue weighted by Gasteiger charge is -2.23. The predicted molar refractivity (Wildman–Crippen MR) is 77.3 cm³/mol. The Morgan fingerprint density at radius 1 is 1.10 bits per heavy atom. The molecule has 0 bridgehead atoms. The van der Waals surface area contributed by atoms with Crippen LogP contribution in [0.3, 0.4) is 0 Å². The fraction of sp³-hybridized carbons (Fsp3) is 0.188. The summed E-state index contributed by atoms with van der Waals surface area (Å²) in [6, 6.07) is 12.3. The first kappa shape index (κ1) is 12.2. The van der Waals surface area contributed by atoms with E-state index < -0.39 is 0 Å². The van der Waals surface area contributed by atoms with Crippen molar-refractivity contribution in [3.8, 4) is 11.4 Å². The van der Waals surface area contributed by atoms with Gasteiger partial charge in [0.2, 0.25) is 11.7 Å². The van der Waals surface area contributed by atoms with Crippen molar-refractivity contribution in [3.63, 3.8) is 0 Å². The molecule has 5 heteroatoms. The van der Waals surface area contributed by atoms with Crippen LogP contribution < -0.4 is 5.32 Å². The van der Waals surface area contributed by atoms with Gasteiger partial charge in [0, 0.05) is 24.5 Å². The fourth-order valence-electron chi connectivity index (χ4n) is 2.62. The number of nitrogens with one attached hydrogen (secondary N) is 1. The molecule has 0 saturated heterocycles. The summed E-state index contributed by atoms with van der Waals surface area (Å²) >= 11 is 0. The van der Waals surface area contributed by atoms with Gasteiger partial charge in [0.25, 0.3) is 0 Å². The third-order valence-electron chi connectivity index (χ3n) is 3.74. The molecule has 4 rings (SSSR count). The molecule has 1 unspecified atom stereocenters. The largest absolute Gasteiger partial charge is 0.337 e. The minimum atomic E-state index is 0.0674. The molecule has 0 amide bonds. The minimum absolute atomic E-state index is 0.0674. The van der Waals surface area contributed by atoms with E-state index >= 15 is 0 Å². The highest BCUT2D eigenvalue weighted by Gasteiger charge is 2.24. The molecule has 1 atom stereocenters. The van der Waals surface area contributed by atoms with Crippen LogP contribution in [0.5, 0.6) is 0 Å². The van der Waals surface area contributed by atoms with Gasteiger partial charge in [-0.05, 0) is 29.7 Å². The summed E-state index contributed by atoms with van der Waals surface area (Å²) in [7, 11) is 0. The topological polar surface area (TPSA) is 63.8 Å². The first-order valence-corrected chi connectivity index (χ1v) is 6.94. The van der Waals surface area contributed by atoms with Crippen molar-refractivity contribution in [2.75, 3.05) is 0 Å². The molecule has 1 aliphatic rings. The maximum Gasteiger partial charge on any atom is 0.244 e. The van der Waals surface area contributed by atoms with Gasteiger partial charge in [0.15, 0.2) is 0 Å². The SMILES string of the molecule is c1cncc(-c2noc(C3Cc4ccccc4CN3)n2)c1. The van der Waals surface area contributed by atoms with Gasteiger partial charge in [-0.3, -0.25) is 4.98 Å². The van der Waals surface area contributed by atoms with Crippen molar-refractivity contribution < 1.29 is 4.52 Å². The normalized spacial score (nSPS) is 17.4. The van der Waals surface area contributed by atoms with E-state index in [4.69, 9.17) is 4.52 Å². The van der Waals surface area contributed by atoms with E-state index in [2.05, 4.69) is 44.7 Å². The van der Waals surface area contributed by atoms with E-state index in [1.54, 1.807) is 12.4 Å². The molecule has 21 heavy (non-hydrogen) atoms. The van der Waals surface area contributed by atoms with Crippen molar-refractivity contribution in [2.45, 2.75) is 19.0 Å². The van der Waals surface area contributed by atoms with Crippen LogP contribution in [0, 0.1) is 0 Å². The number of nitrogens with zero attached hydrogens (tertiary/aromatic N) is 3. The van der Waals surface area contributed by atoms with Gasteiger partial charge in [0.1, 0.15) is 0 Å². The van der Waals surface area contributed by atoms with Crippen LogP contribution in [-0.2, 0) is 13.0 Å². The number of pyridine rings is 1. The maximum absolute atomic E-state index is 5.42. The standard InChI is InChI=1S/C16H14N4O/c1-2-5-12-10-18-14(8-11(12)4-1)16-19-15(20-21-16)13-6-3-7-17-9-13/h1-7,9,14,18H,8,10H2. The second-order valence-corrected chi connectivity index (χ2v) is 5.10. The predicted octanol–water partition coefficient (Wildman–Crippen LogP) is 2.52. The molecule has 3 heterocycles. The minimum Gasteiger partial charge on any atom is -0.337 e. The van der Waals surface area contributed by atoms with Gasteiger partial charge in [-0.25, -0.2) is 0 Å². The third kappa shape index (κ3) is 2.32. The van der Waals surface area contributed by atoms with Crippen LogP contribution in [0.25, 0.3) is 11.4 Å². The Hall–Kier alpha value is -2.53. The molecule has 0 spiro atoms. The van der Waals surface area contributed by atoms with Gasteiger partial charge >= 0.3 is 0 Å². The van der Waals surface area contributed by atoms with Gasteiger partial charge in [-0.1, -0.05) is 29.4 Å². The third-order valence-corrected chi connectivity index (χ3v) is 3.74. The second-order valence-electron chi connectivity index (χ2n) is 5.10. The van der Waals surface area contributed by atoms with Crippen LogP contribution >= 0.6 is 0 Å². The Morgan fingerprint density at radius 3 is 2.86 bits per heavy atom. The molecule has 1 aromatic carbocycles. The Labute approximate surface area is 122 Å². The first-order chi connectivity index (χ1) is 10.4. The second kappa shape index (κ2) is 5.10. The summed E-state index contributed by atoms with van der Waals surface area (Å²) in [5, 5.41) is 7.50. The van der Waals surface area contributed by atoms with Gasteiger partial charge in [0.05, 0.1) is 6.04 Å². The summed E-state index contributed by atoms with van der Waals surface area (Å²) in [6.45, 7) is 0.825. The molecule has 1 N–H and O–H groups in total. The number of fused-ring (bicyclic) bond motifs is 1. The van der Waals surface area contributed by atoms with Crippen molar-refractivity contribution in [2.24, 2.45) is 0 Å². The quantitative estimate of drug-likeness (QED) is 0.780. The average Bonchev–Trinajstić information content (AvgIpc) is 3.05. The molecule has 0 aliphatic carbocycles. The summed E-state index contributed by atoms with van der Waals surface area (Å²) < 4.78 is 5.42. The smallest absolute Gasteiger partial charge is 0.244 e. The van der Waals surface area contributed by atoms with Gasteiger partial charge in [-0.15, -0.1) is 0 Å². The maximum atomic E-state index is 5.42. The van der Waals surface area contributed by atoms with E-state index in [0.717, 1.165) is 18.5 Å². The van der Waals surface area contributed by atoms with Crippen molar-refractivity contribution in [1.29, 1.82) is 0 Å². The number of aromatic nitrogens is 3. The van der Waals surface area contributed by atoms with Crippen LogP contribution in [0.2, 0.25) is 0 Å². The number of benzene rings is 1. The number of rotatable bonds is 2. The molecular weight excluding hydrogens is 264 g/mol. The van der Waals surface area contributed by atoms with Crippen molar-refractivity contribution >= 4 is 0 Å². The molecule has 0 saturated carbocycles. The Kier molecular flexibility index (Phi) is 2.97. The van der Waals surface area contributed by atoms with Crippen molar-refractivity contribution in [1.82, 2.24) is 20.4 Å². The Balaban J connectivity index is 1.60. The van der Waals surface area contributed by atoms with Crippen molar-refractivity contribution in [3.05, 3.63) is 65.8 Å². The highest BCUT2D eigenvalue weighted by molar-refractivity contribution is 5.52. The summed E-state index contributed by atoms with van der Waals surface area (Å²) in [5.74, 6) is 1.21. The van der Waals surface area contributed by atoms with Crippen LogP contribution in [0.1, 0.15) is 23.1 Å². The van der Waals surface area contributed by atoms with Gasteiger partial charge in [-0.2, -0.15) is 4.98 Å². The summed E-state index contributed by atoms with van der Waals surface area (Å²) in [4.78, 5) is 8.57. The van der Waals surface area contributed by atoms with Crippen LogP contribution in [0.4, 0.5) is 0 Å².